The summed E-state index contributed by atoms with van der Waals surface area (Å²) >= 11 is 0. The molecule has 1 aliphatic carbocycles. The van der Waals surface area contributed by atoms with Crippen LogP contribution in [0.25, 0.3) is 0 Å². The van der Waals surface area contributed by atoms with Gasteiger partial charge >= 0.3 is 0 Å². The zero-order valence-electron chi connectivity index (χ0n) is 16.0. The predicted octanol–water partition coefficient (Wildman–Crippen LogP) is 3.26. The number of aromatic nitrogens is 1. The molecule has 1 fully saturated rings. The summed E-state index contributed by atoms with van der Waals surface area (Å²) in [6.45, 7) is 7.79. The molecule has 2 atom stereocenters. The van der Waals surface area contributed by atoms with Crippen LogP contribution in [-0.2, 0) is 17.8 Å². The molecule has 1 aromatic heterocycles. The van der Waals surface area contributed by atoms with E-state index in [1.807, 2.05) is 18.2 Å². The molecule has 0 radical (unpaired) electrons. The van der Waals surface area contributed by atoms with Gasteiger partial charge in [0.2, 0.25) is 0 Å². The van der Waals surface area contributed by atoms with Gasteiger partial charge in [0.25, 0.3) is 0 Å². The predicted molar refractivity (Wildman–Crippen MR) is 106 cm³/mol. The summed E-state index contributed by atoms with van der Waals surface area (Å²) < 4.78 is 6.26. The number of hydrogen-bond donors (Lipinski definition) is 1. The van der Waals surface area contributed by atoms with Crippen molar-refractivity contribution in [2.75, 3.05) is 24.5 Å². The van der Waals surface area contributed by atoms with Crippen molar-refractivity contribution in [1.29, 1.82) is 5.26 Å². The molecule has 2 aliphatic rings. The number of piperazine rings is 1. The lowest BCUT2D eigenvalue weighted by Gasteiger charge is -2.35. The molecule has 0 bridgehead atoms. The average Bonchev–Trinajstić information content (AvgIpc) is 3.10. The van der Waals surface area contributed by atoms with Crippen LogP contribution >= 0.6 is 0 Å². The fourth-order valence-corrected chi connectivity index (χ4v) is 4.00. The number of ether oxygens (including phenoxy) is 1. The first-order chi connectivity index (χ1) is 13.2. The molecule has 27 heavy (non-hydrogen) atoms. The van der Waals surface area contributed by atoms with Crippen molar-refractivity contribution in [3.8, 4) is 6.07 Å². The second kappa shape index (κ2) is 7.67. The molecule has 2 heterocycles. The summed E-state index contributed by atoms with van der Waals surface area (Å²) in [7, 11) is 0. The van der Waals surface area contributed by atoms with Crippen LogP contribution in [0.5, 0.6) is 0 Å². The van der Waals surface area contributed by atoms with E-state index in [9.17, 15) is 0 Å². The zero-order valence-corrected chi connectivity index (χ0v) is 16.0. The Kier molecular flexibility index (Phi) is 5.11. The summed E-state index contributed by atoms with van der Waals surface area (Å²) in [5.41, 5.74) is 5.30. The van der Waals surface area contributed by atoms with Gasteiger partial charge in [0.1, 0.15) is 11.9 Å². The smallest absolute Gasteiger partial charge is 0.129 e. The number of nitrogens with zero attached hydrogens (tertiary/aromatic N) is 3. The van der Waals surface area contributed by atoms with E-state index in [1.54, 1.807) is 0 Å². The van der Waals surface area contributed by atoms with Gasteiger partial charge in [0.15, 0.2) is 0 Å². The lowest BCUT2D eigenvalue weighted by atomic mass is 10.1. The maximum Gasteiger partial charge on any atom is 0.129 e. The van der Waals surface area contributed by atoms with Crippen molar-refractivity contribution in [3.63, 3.8) is 0 Å². The third-order valence-corrected chi connectivity index (χ3v) is 5.69. The molecule has 5 heteroatoms. The average molecular weight is 362 g/mol. The first-order valence-corrected chi connectivity index (χ1v) is 9.74. The lowest BCUT2D eigenvalue weighted by molar-refractivity contribution is 0.0383. The van der Waals surface area contributed by atoms with Gasteiger partial charge in [-0.15, -0.1) is 0 Å². The Morgan fingerprint density at radius 2 is 2.22 bits per heavy atom. The maximum atomic E-state index is 9.13. The number of hydrogen-bond acceptors (Lipinski definition) is 5. The van der Waals surface area contributed by atoms with Crippen molar-refractivity contribution >= 4 is 5.82 Å². The van der Waals surface area contributed by atoms with Crippen LogP contribution in [-0.4, -0.2) is 30.7 Å². The number of benzene rings is 1. The minimum absolute atomic E-state index is 0.0308. The highest BCUT2D eigenvalue weighted by Crippen LogP contribution is 2.35. The molecular weight excluding hydrogens is 336 g/mol. The van der Waals surface area contributed by atoms with E-state index in [-0.39, 0.29) is 6.10 Å². The van der Waals surface area contributed by atoms with Crippen molar-refractivity contribution in [2.24, 2.45) is 0 Å². The molecule has 0 unspecified atom stereocenters. The third-order valence-electron chi connectivity index (χ3n) is 5.69. The molecular formula is C22H26N4O. The van der Waals surface area contributed by atoms with Gasteiger partial charge in [-0.05, 0) is 61.6 Å². The fourth-order valence-electron chi connectivity index (χ4n) is 4.00. The minimum atomic E-state index is 0.0308. The van der Waals surface area contributed by atoms with E-state index < -0.39 is 0 Å². The minimum Gasteiger partial charge on any atom is -0.367 e. The Morgan fingerprint density at radius 3 is 3.04 bits per heavy atom. The van der Waals surface area contributed by atoms with E-state index in [2.05, 4.69) is 42.3 Å². The molecule has 1 aromatic carbocycles. The first-order valence-electron chi connectivity index (χ1n) is 9.74. The number of nitriles is 1. The molecule has 1 N–H and O–H groups in total. The molecule has 0 amide bonds. The van der Waals surface area contributed by atoms with E-state index >= 15 is 0 Å². The topological polar surface area (TPSA) is 61.2 Å². The van der Waals surface area contributed by atoms with Gasteiger partial charge in [-0.1, -0.05) is 12.1 Å². The largest absolute Gasteiger partial charge is 0.367 e. The Balaban J connectivity index is 1.51. The quantitative estimate of drug-likeness (QED) is 0.904. The van der Waals surface area contributed by atoms with Crippen molar-refractivity contribution in [2.45, 2.75) is 45.4 Å². The van der Waals surface area contributed by atoms with Crippen LogP contribution in [0.4, 0.5) is 5.82 Å². The van der Waals surface area contributed by atoms with Crippen molar-refractivity contribution in [3.05, 3.63) is 58.3 Å². The van der Waals surface area contributed by atoms with E-state index in [0.29, 0.717) is 18.2 Å². The van der Waals surface area contributed by atoms with Crippen LogP contribution in [0.3, 0.4) is 0 Å². The molecule has 1 aliphatic heterocycles. The Morgan fingerprint density at radius 1 is 1.33 bits per heavy atom. The number of anilines is 1. The van der Waals surface area contributed by atoms with Gasteiger partial charge in [0.05, 0.1) is 23.9 Å². The molecule has 0 saturated carbocycles. The molecule has 2 aromatic rings. The Bertz CT molecular complexity index is 873. The van der Waals surface area contributed by atoms with Gasteiger partial charge < -0.3 is 15.0 Å². The van der Waals surface area contributed by atoms with E-state index in [4.69, 9.17) is 15.0 Å². The van der Waals surface area contributed by atoms with Gasteiger partial charge in [-0.3, -0.25) is 0 Å². The highest BCUT2D eigenvalue weighted by molar-refractivity contribution is 5.45. The van der Waals surface area contributed by atoms with E-state index in [0.717, 1.165) is 55.1 Å². The molecule has 140 valence electrons. The second-order valence-corrected chi connectivity index (χ2v) is 7.55. The third kappa shape index (κ3) is 3.69. The van der Waals surface area contributed by atoms with E-state index in [1.165, 1.54) is 5.56 Å². The normalized spacial score (nSPS) is 21.7. The zero-order chi connectivity index (χ0) is 18.8. The van der Waals surface area contributed by atoms with Crippen molar-refractivity contribution < 1.29 is 4.74 Å². The van der Waals surface area contributed by atoms with Gasteiger partial charge in [-0.2, -0.15) is 5.26 Å². The van der Waals surface area contributed by atoms with Gasteiger partial charge in [0, 0.05) is 25.7 Å². The summed E-state index contributed by atoms with van der Waals surface area (Å²) in [5, 5.41) is 12.6. The van der Waals surface area contributed by atoms with Crippen LogP contribution < -0.4 is 10.2 Å². The molecule has 0 spiro atoms. The van der Waals surface area contributed by atoms with Crippen LogP contribution in [0.15, 0.2) is 30.3 Å². The van der Waals surface area contributed by atoms with Crippen molar-refractivity contribution in [1.82, 2.24) is 10.3 Å². The second-order valence-electron chi connectivity index (χ2n) is 7.55. The standard InChI is InChI=1S/C22H26N4O/c1-15-3-4-17(12-23)11-19(15)14-27-20-7-5-18-6-8-21(25-22(18)20)26-10-9-24-13-16(26)2/h3-4,6,8,11,16,20,24H,5,7,9-10,13-14H2,1-2H3/t16-,20+/m1/s1. The number of aryl methyl sites for hydroxylation is 2. The molecule has 1 saturated heterocycles. The summed E-state index contributed by atoms with van der Waals surface area (Å²) in [5.74, 6) is 1.06. The summed E-state index contributed by atoms with van der Waals surface area (Å²) in [6.07, 6.45) is 2.02. The lowest BCUT2D eigenvalue weighted by Crippen LogP contribution is -2.50. The Labute approximate surface area is 161 Å². The van der Waals surface area contributed by atoms with Crippen LogP contribution in [0.1, 0.15) is 47.4 Å². The first kappa shape index (κ1) is 18.0. The molecule has 4 rings (SSSR count). The summed E-state index contributed by atoms with van der Waals surface area (Å²) in [4.78, 5) is 7.38. The fraction of sp³-hybridized carbons (Fsp3) is 0.455. The highest BCUT2D eigenvalue weighted by atomic mass is 16.5. The number of rotatable bonds is 4. The Hall–Kier alpha value is -2.42. The van der Waals surface area contributed by atoms with Crippen LogP contribution in [0, 0.1) is 18.3 Å². The SMILES string of the molecule is Cc1ccc(C#N)cc1CO[C@H]1CCc2ccc(N3CCNC[C@H]3C)nc21. The monoisotopic (exact) mass is 362 g/mol. The number of nitrogens with one attached hydrogen (secondary N) is 1. The van der Waals surface area contributed by atoms with Crippen LogP contribution in [0.2, 0.25) is 0 Å². The number of fused-ring (bicyclic) bond motifs is 1. The maximum absolute atomic E-state index is 9.13. The molecule has 5 nitrogen and oxygen atoms in total. The highest BCUT2D eigenvalue weighted by Gasteiger charge is 2.27. The summed E-state index contributed by atoms with van der Waals surface area (Å²) in [6, 6.07) is 12.8. The number of pyridine rings is 1. The van der Waals surface area contributed by atoms with Gasteiger partial charge in [-0.25, -0.2) is 4.98 Å².